The first-order valence-corrected chi connectivity index (χ1v) is 11.0. The molecule has 1 aromatic heterocycles. The van der Waals surface area contributed by atoms with Gasteiger partial charge in [-0.05, 0) is 57.2 Å². The highest BCUT2D eigenvalue weighted by atomic mass is 16.5. The van der Waals surface area contributed by atoms with Crippen molar-refractivity contribution in [3.8, 4) is 0 Å². The molecule has 1 aliphatic carbocycles. The van der Waals surface area contributed by atoms with Crippen LogP contribution in [0.4, 0.5) is 0 Å². The van der Waals surface area contributed by atoms with Crippen LogP contribution < -0.4 is 0 Å². The second kappa shape index (κ2) is 8.50. The molecule has 1 amide bonds. The number of hydrogen-bond acceptors (Lipinski definition) is 4. The molecule has 3 aliphatic rings. The Morgan fingerprint density at radius 2 is 2.07 bits per heavy atom. The van der Waals surface area contributed by atoms with E-state index < -0.39 is 0 Å². The van der Waals surface area contributed by atoms with Crippen LogP contribution in [0.15, 0.2) is 24.4 Å². The second-order valence-electron chi connectivity index (χ2n) is 9.56. The highest BCUT2D eigenvalue weighted by Gasteiger charge is 2.50. The molecule has 4 rings (SSSR count). The number of amides is 1. The molecule has 28 heavy (non-hydrogen) atoms. The number of pyridine rings is 1. The molecular formula is C23H35N3O2. The van der Waals surface area contributed by atoms with Crippen molar-refractivity contribution in [2.45, 2.75) is 45.6 Å². The van der Waals surface area contributed by atoms with Crippen LogP contribution in [-0.4, -0.2) is 60.5 Å². The molecule has 5 heteroatoms. The zero-order valence-corrected chi connectivity index (χ0v) is 17.5. The third-order valence-electron chi connectivity index (χ3n) is 7.34. The predicted octanol–water partition coefficient (Wildman–Crippen LogP) is 3.20. The lowest BCUT2D eigenvalue weighted by Gasteiger charge is -2.32. The van der Waals surface area contributed by atoms with Gasteiger partial charge in [-0.15, -0.1) is 0 Å². The van der Waals surface area contributed by atoms with Crippen LogP contribution >= 0.6 is 0 Å². The number of nitrogens with zero attached hydrogens (tertiary/aromatic N) is 3. The van der Waals surface area contributed by atoms with Crippen molar-refractivity contribution in [2.75, 3.05) is 39.8 Å². The number of ether oxygens (including phenoxy) is 1. The van der Waals surface area contributed by atoms with Crippen LogP contribution in [0.2, 0.25) is 0 Å². The summed E-state index contributed by atoms with van der Waals surface area (Å²) >= 11 is 0. The summed E-state index contributed by atoms with van der Waals surface area (Å²) in [7, 11) is 2.20. The van der Waals surface area contributed by atoms with Crippen LogP contribution in [0.1, 0.15) is 44.7 Å². The van der Waals surface area contributed by atoms with E-state index in [9.17, 15) is 4.79 Å². The molecule has 3 heterocycles. The lowest BCUT2D eigenvalue weighted by atomic mass is 9.77. The molecule has 1 spiro atoms. The minimum Gasteiger partial charge on any atom is -0.375 e. The fourth-order valence-corrected chi connectivity index (χ4v) is 5.63. The van der Waals surface area contributed by atoms with Crippen LogP contribution in [0.3, 0.4) is 0 Å². The Hall–Kier alpha value is -1.46. The molecule has 154 valence electrons. The van der Waals surface area contributed by atoms with Gasteiger partial charge in [0.1, 0.15) is 0 Å². The summed E-state index contributed by atoms with van der Waals surface area (Å²) in [6.45, 7) is 7.62. The highest BCUT2D eigenvalue weighted by Crippen LogP contribution is 2.44. The Labute approximate surface area is 169 Å². The number of likely N-dealkylation sites (tertiary alicyclic amines) is 2. The van der Waals surface area contributed by atoms with Crippen molar-refractivity contribution >= 4 is 5.91 Å². The molecule has 2 atom stereocenters. The summed E-state index contributed by atoms with van der Waals surface area (Å²) in [4.78, 5) is 22.1. The molecule has 1 aromatic rings. The number of carbonyl (C=O) groups excluding carboxylic acids is 1. The van der Waals surface area contributed by atoms with E-state index in [1.807, 2.05) is 24.4 Å². The van der Waals surface area contributed by atoms with Crippen LogP contribution in [0.5, 0.6) is 0 Å². The number of carbonyl (C=O) groups is 1. The lowest BCUT2D eigenvalue weighted by Crippen LogP contribution is -2.40. The van der Waals surface area contributed by atoms with Gasteiger partial charge in [0.2, 0.25) is 5.91 Å². The van der Waals surface area contributed by atoms with Crippen LogP contribution in [-0.2, 0) is 16.1 Å². The summed E-state index contributed by atoms with van der Waals surface area (Å²) in [6, 6.07) is 5.95. The Morgan fingerprint density at radius 1 is 1.25 bits per heavy atom. The minimum atomic E-state index is 0.205. The first kappa shape index (κ1) is 19.8. The van der Waals surface area contributed by atoms with Gasteiger partial charge in [-0.25, -0.2) is 0 Å². The van der Waals surface area contributed by atoms with Gasteiger partial charge in [0, 0.05) is 49.6 Å². The summed E-state index contributed by atoms with van der Waals surface area (Å²) < 4.78 is 6.07. The van der Waals surface area contributed by atoms with Gasteiger partial charge in [0.05, 0.1) is 18.9 Å². The smallest absolute Gasteiger partial charge is 0.225 e. The summed E-state index contributed by atoms with van der Waals surface area (Å²) in [5, 5.41) is 0. The average molecular weight is 386 g/mol. The van der Waals surface area contributed by atoms with Crippen LogP contribution in [0.25, 0.3) is 0 Å². The summed E-state index contributed by atoms with van der Waals surface area (Å²) in [6.07, 6.45) is 7.52. The maximum atomic E-state index is 13.1. The SMILES string of the molecule is CC1CCC(C(=O)N2CC[C@@]3(CN(C)C[C@H]3COCc3ccccn3)C2)CC1. The molecule has 2 aliphatic heterocycles. The molecule has 0 bridgehead atoms. The fraction of sp³-hybridized carbons (Fsp3) is 0.739. The molecule has 0 aromatic carbocycles. The lowest BCUT2D eigenvalue weighted by molar-refractivity contribution is -0.136. The van der Waals surface area contributed by atoms with Gasteiger partial charge in [-0.2, -0.15) is 0 Å². The van der Waals surface area contributed by atoms with Gasteiger partial charge in [-0.3, -0.25) is 9.78 Å². The maximum Gasteiger partial charge on any atom is 0.225 e. The molecule has 2 saturated heterocycles. The predicted molar refractivity (Wildman–Crippen MR) is 110 cm³/mol. The first-order valence-electron chi connectivity index (χ1n) is 11.0. The second-order valence-corrected chi connectivity index (χ2v) is 9.56. The first-order chi connectivity index (χ1) is 13.6. The van der Waals surface area contributed by atoms with Gasteiger partial charge in [-0.1, -0.05) is 13.0 Å². The van der Waals surface area contributed by atoms with Crippen molar-refractivity contribution in [3.63, 3.8) is 0 Å². The van der Waals surface area contributed by atoms with Crippen molar-refractivity contribution < 1.29 is 9.53 Å². The maximum absolute atomic E-state index is 13.1. The van der Waals surface area contributed by atoms with E-state index >= 15 is 0 Å². The quantitative estimate of drug-likeness (QED) is 0.781. The third-order valence-corrected chi connectivity index (χ3v) is 7.34. The molecule has 5 nitrogen and oxygen atoms in total. The van der Waals surface area contributed by atoms with E-state index in [0.717, 1.165) is 63.7 Å². The van der Waals surface area contributed by atoms with E-state index in [1.165, 1.54) is 12.8 Å². The van der Waals surface area contributed by atoms with E-state index in [1.54, 1.807) is 0 Å². The number of rotatable bonds is 5. The molecule has 0 N–H and O–H groups in total. The Bertz CT molecular complexity index is 659. The van der Waals surface area contributed by atoms with E-state index in [0.29, 0.717) is 18.4 Å². The molecule has 0 radical (unpaired) electrons. The van der Waals surface area contributed by atoms with Gasteiger partial charge < -0.3 is 14.5 Å². The normalized spacial score (nSPS) is 33.6. The molecule has 3 fully saturated rings. The molecule has 0 unspecified atom stereocenters. The Balaban J connectivity index is 1.34. The van der Waals surface area contributed by atoms with Crippen molar-refractivity contribution in [2.24, 2.45) is 23.2 Å². The molecule has 1 saturated carbocycles. The number of hydrogen-bond donors (Lipinski definition) is 0. The van der Waals surface area contributed by atoms with Crippen molar-refractivity contribution in [1.82, 2.24) is 14.8 Å². The topological polar surface area (TPSA) is 45.7 Å². The van der Waals surface area contributed by atoms with Gasteiger partial charge in [0.15, 0.2) is 0 Å². The zero-order chi connectivity index (χ0) is 19.6. The van der Waals surface area contributed by atoms with Crippen molar-refractivity contribution in [1.29, 1.82) is 0 Å². The zero-order valence-electron chi connectivity index (χ0n) is 17.5. The standard InChI is InChI=1S/C23H35N3O2/c1-18-6-8-19(9-7-18)22(27)26-12-10-23(17-26)16-25(2)13-20(23)14-28-15-21-5-3-4-11-24-21/h3-5,11,18-20H,6-10,12-17H2,1-2H3/t18?,19?,20-,23+/m0/s1. The average Bonchev–Trinajstić information content (AvgIpc) is 3.26. The largest absolute Gasteiger partial charge is 0.375 e. The van der Waals surface area contributed by atoms with Crippen molar-refractivity contribution in [3.05, 3.63) is 30.1 Å². The minimum absolute atomic E-state index is 0.205. The van der Waals surface area contributed by atoms with E-state index in [2.05, 4.69) is 28.8 Å². The summed E-state index contributed by atoms with van der Waals surface area (Å²) in [5.74, 6) is 1.97. The molecular weight excluding hydrogens is 350 g/mol. The Morgan fingerprint density at radius 3 is 2.82 bits per heavy atom. The third kappa shape index (κ3) is 4.25. The van der Waals surface area contributed by atoms with Gasteiger partial charge >= 0.3 is 0 Å². The van der Waals surface area contributed by atoms with Crippen LogP contribution in [0, 0.1) is 23.2 Å². The number of aromatic nitrogens is 1. The summed E-state index contributed by atoms with van der Waals surface area (Å²) in [5.41, 5.74) is 1.19. The fourth-order valence-electron chi connectivity index (χ4n) is 5.63. The monoisotopic (exact) mass is 385 g/mol. The van der Waals surface area contributed by atoms with E-state index in [4.69, 9.17) is 4.74 Å². The highest BCUT2D eigenvalue weighted by molar-refractivity contribution is 5.79. The Kier molecular flexibility index (Phi) is 6.02. The van der Waals surface area contributed by atoms with Gasteiger partial charge in [0.25, 0.3) is 0 Å². The van der Waals surface area contributed by atoms with E-state index in [-0.39, 0.29) is 11.3 Å².